The van der Waals surface area contributed by atoms with Crippen molar-refractivity contribution in [1.29, 1.82) is 0 Å². The van der Waals surface area contributed by atoms with Crippen molar-refractivity contribution >= 4 is 5.97 Å². The van der Waals surface area contributed by atoms with Gasteiger partial charge in [0.15, 0.2) is 11.9 Å². The average Bonchev–Trinajstić information content (AvgIpc) is 2.61. The molecule has 1 unspecified atom stereocenters. The number of aromatic nitrogens is 2. The first kappa shape index (κ1) is 11.6. The van der Waals surface area contributed by atoms with E-state index in [1.54, 1.807) is 20.8 Å². The summed E-state index contributed by atoms with van der Waals surface area (Å²) in [7, 11) is 0. The summed E-state index contributed by atoms with van der Waals surface area (Å²) in [6.07, 6.45) is -0.542. The number of aryl methyl sites for hydroxylation is 1. The van der Waals surface area contributed by atoms with Gasteiger partial charge in [0.25, 0.3) is 5.89 Å². The largest absolute Gasteiger partial charge is 0.451 e. The lowest BCUT2D eigenvalue weighted by Crippen LogP contribution is -2.15. The van der Waals surface area contributed by atoms with Crippen LogP contribution in [0.3, 0.4) is 0 Å². The van der Waals surface area contributed by atoms with Crippen molar-refractivity contribution in [2.24, 2.45) is 0 Å². The number of rotatable bonds is 5. The van der Waals surface area contributed by atoms with Crippen LogP contribution in [0.15, 0.2) is 4.52 Å². The molecule has 0 bridgehead atoms. The third-order valence-corrected chi connectivity index (χ3v) is 1.62. The Morgan fingerprint density at radius 3 is 2.87 bits per heavy atom. The molecule has 15 heavy (non-hydrogen) atoms. The van der Waals surface area contributed by atoms with Gasteiger partial charge >= 0.3 is 5.97 Å². The normalized spacial score (nSPS) is 12.5. The van der Waals surface area contributed by atoms with Gasteiger partial charge < -0.3 is 14.0 Å². The van der Waals surface area contributed by atoms with Gasteiger partial charge in [-0.1, -0.05) is 5.16 Å². The number of nitrogens with zero attached hydrogens (tertiary/aromatic N) is 2. The van der Waals surface area contributed by atoms with Gasteiger partial charge in [-0.3, -0.25) is 0 Å². The number of carbonyl (C=O) groups is 1. The molecule has 0 saturated heterocycles. The second-order valence-corrected chi connectivity index (χ2v) is 2.95. The molecule has 84 valence electrons. The van der Waals surface area contributed by atoms with Crippen LogP contribution in [0.2, 0.25) is 0 Å². The monoisotopic (exact) mass is 214 g/mol. The zero-order valence-corrected chi connectivity index (χ0v) is 9.02. The van der Waals surface area contributed by atoms with Gasteiger partial charge in [0.1, 0.15) is 6.61 Å². The molecule has 0 fully saturated rings. The molecule has 1 atom stereocenters. The van der Waals surface area contributed by atoms with Gasteiger partial charge in [0, 0.05) is 6.61 Å². The molecule has 0 spiro atoms. The second kappa shape index (κ2) is 5.45. The Hall–Kier alpha value is -1.43. The number of ether oxygens (including phenoxy) is 2. The maximum atomic E-state index is 11.2. The molecule has 0 amide bonds. The molecule has 1 aromatic rings. The molecule has 0 aromatic carbocycles. The van der Waals surface area contributed by atoms with E-state index in [0.717, 1.165) is 0 Å². The minimum atomic E-state index is -0.542. The van der Waals surface area contributed by atoms with E-state index >= 15 is 0 Å². The predicted molar refractivity (Wildman–Crippen MR) is 50.0 cm³/mol. The Labute approximate surface area is 87.6 Å². The fraction of sp³-hybridized carbons (Fsp3) is 0.667. The molecule has 6 nitrogen and oxygen atoms in total. The van der Waals surface area contributed by atoms with Crippen molar-refractivity contribution in [2.45, 2.75) is 26.9 Å². The van der Waals surface area contributed by atoms with Crippen LogP contribution in [0.1, 0.15) is 31.7 Å². The van der Waals surface area contributed by atoms with E-state index < -0.39 is 12.1 Å². The van der Waals surface area contributed by atoms with E-state index in [0.29, 0.717) is 12.4 Å². The maximum absolute atomic E-state index is 11.2. The minimum Gasteiger partial charge on any atom is -0.451 e. The number of hydrogen-bond donors (Lipinski definition) is 0. The zero-order chi connectivity index (χ0) is 11.3. The lowest BCUT2D eigenvalue weighted by Gasteiger charge is -2.08. The van der Waals surface area contributed by atoms with Gasteiger partial charge in [0.05, 0.1) is 0 Å². The smallest absolute Gasteiger partial charge is 0.332 e. The highest BCUT2D eigenvalue weighted by Gasteiger charge is 2.17. The Bertz CT molecular complexity index is 324. The molecule has 0 aliphatic rings. The second-order valence-electron chi connectivity index (χ2n) is 2.95. The van der Waals surface area contributed by atoms with Gasteiger partial charge in [0.2, 0.25) is 0 Å². The highest BCUT2D eigenvalue weighted by molar-refractivity contribution is 5.70. The van der Waals surface area contributed by atoms with Crippen LogP contribution < -0.4 is 0 Å². The molecule has 0 aliphatic heterocycles. The standard InChI is InChI=1S/C9H14N2O4/c1-4-13-5-8(12)14-6(2)9-10-7(3)11-15-9/h6H,4-5H2,1-3H3. The summed E-state index contributed by atoms with van der Waals surface area (Å²) in [4.78, 5) is 15.1. The molecular weight excluding hydrogens is 200 g/mol. The number of hydrogen-bond acceptors (Lipinski definition) is 6. The van der Waals surface area contributed by atoms with Crippen molar-refractivity contribution in [3.63, 3.8) is 0 Å². The van der Waals surface area contributed by atoms with Crippen molar-refractivity contribution < 1.29 is 18.8 Å². The van der Waals surface area contributed by atoms with Crippen LogP contribution in [0.25, 0.3) is 0 Å². The maximum Gasteiger partial charge on any atom is 0.332 e. The summed E-state index contributed by atoms with van der Waals surface area (Å²) in [6, 6.07) is 0. The summed E-state index contributed by atoms with van der Waals surface area (Å²) >= 11 is 0. The number of carbonyl (C=O) groups excluding carboxylic acids is 1. The molecule has 0 N–H and O–H groups in total. The predicted octanol–water partition coefficient (Wildman–Crippen LogP) is 1.02. The SMILES string of the molecule is CCOCC(=O)OC(C)c1nc(C)no1. The molecule has 1 heterocycles. The zero-order valence-electron chi connectivity index (χ0n) is 9.02. The van der Waals surface area contributed by atoms with Gasteiger partial charge in [-0.2, -0.15) is 4.98 Å². The van der Waals surface area contributed by atoms with Crippen molar-refractivity contribution in [1.82, 2.24) is 10.1 Å². The van der Waals surface area contributed by atoms with E-state index in [-0.39, 0.29) is 12.5 Å². The van der Waals surface area contributed by atoms with E-state index in [9.17, 15) is 4.79 Å². The van der Waals surface area contributed by atoms with Crippen molar-refractivity contribution in [2.75, 3.05) is 13.2 Å². The van der Waals surface area contributed by atoms with Crippen LogP contribution in [-0.4, -0.2) is 29.3 Å². The van der Waals surface area contributed by atoms with E-state index in [1.165, 1.54) is 0 Å². The Kier molecular flexibility index (Phi) is 4.23. The molecule has 0 radical (unpaired) electrons. The molecule has 0 aliphatic carbocycles. The molecule has 1 aromatic heterocycles. The third kappa shape index (κ3) is 3.67. The third-order valence-electron chi connectivity index (χ3n) is 1.62. The highest BCUT2D eigenvalue weighted by atomic mass is 16.6. The fourth-order valence-corrected chi connectivity index (χ4v) is 0.945. The lowest BCUT2D eigenvalue weighted by molar-refractivity contribution is -0.155. The van der Waals surface area contributed by atoms with Crippen molar-refractivity contribution in [3.8, 4) is 0 Å². The van der Waals surface area contributed by atoms with Crippen LogP contribution in [0.4, 0.5) is 0 Å². The summed E-state index contributed by atoms with van der Waals surface area (Å²) in [5.41, 5.74) is 0. The molecule has 1 rings (SSSR count). The van der Waals surface area contributed by atoms with Gasteiger partial charge in [-0.25, -0.2) is 4.79 Å². The first-order valence-corrected chi connectivity index (χ1v) is 4.71. The van der Waals surface area contributed by atoms with Crippen LogP contribution in [-0.2, 0) is 14.3 Å². The van der Waals surface area contributed by atoms with E-state index in [2.05, 4.69) is 10.1 Å². The van der Waals surface area contributed by atoms with Crippen LogP contribution in [0, 0.1) is 6.92 Å². The van der Waals surface area contributed by atoms with Crippen LogP contribution in [0.5, 0.6) is 0 Å². The Balaban J connectivity index is 2.41. The topological polar surface area (TPSA) is 74.5 Å². The lowest BCUT2D eigenvalue weighted by atomic mass is 10.4. The summed E-state index contributed by atoms with van der Waals surface area (Å²) in [5, 5.41) is 3.60. The highest BCUT2D eigenvalue weighted by Crippen LogP contribution is 2.13. The Morgan fingerprint density at radius 2 is 2.33 bits per heavy atom. The molecule has 6 heteroatoms. The average molecular weight is 214 g/mol. The quantitative estimate of drug-likeness (QED) is 0.681. The molecule has 0 saturated carbocycles. The van der Waals surface area contributed by atoms with Gasteiger partial charge in [-0.05, 0) is 20.8 Å². The first-order chi connectivity index (χ1) is 7.13. The minimum absolute atomic E-state index is 0.0615. The summed E-state index contributed by atoms with van der Waals surface area (Å²) in [5.74, 6) is 0.357. The number of esters is 1. The fourth-order valence-electron chi connectivity index (χ4n) is 0.945. The van der Waals surface area contributed by atoms with Gasteiger partial charge in [-0.15, -0.1) is 0 Å². The van der Waals surface area contributed by atoms with E-state index in [1.807, 2.05) is 0 Å². The van der Waals surface area contributed by atoms with Crippen molar-refractivity contribution in [3.05, 3.63) is 11.7 Å². The molecular formula is C9H14N2O4. The summed E-state index contributed by atoms with van der Waals surface area (Å²) < 4.78 is 14.7. The summed E-state index contributed by atoms with van der Waals surface area (Å²) in [6.45, 7) is 5.58. The van der Waals surface area contributed by atoms with Crippen LogP contribution >= 0.6 is 0 Å². The van der Waals surface area contributed by atoms with E-state index in [4.69, 9.17) is 14.0 Å². The first-order valence-electron chi connectivity index (χ1n) is 4.71. The Morgan fingerprint density at radius 1 is 1.60 bits per heavy atom.